The van der Waals surface area contributed by atoms with Crippen LogP contribution >= 0.6 is 0 Å². The van der Waals surface area contributed by atoms with Crippen LogP contribution < -0.4 is 24.7 Å². The highest BCUT2D eigenvalue weighted by Gasteiger charge is 2.41. The lowest BCUT2D eigenvalue weighted by atomic mass is 10.1. The Bertz CT molecular complexity index is 1240. The van der Waals surface area contributed by atoms with E-state index in [0.29, 0.717) is 4.31 Å². The molecule has 1 fully saturated rings. The van der Waals surface area contributed by atoms with Crippen molar-refractivity contribution in [3.05, 3.63) is 53.3 Å². The second kappa shape index (κ2) is 10.6. The molecule has 1 saturated heterocycles. The van der Waals surface area contributed by atoms with Crippen molar-refractivity contribution in [2.24, 2.45) is 5.92 Å². The van der Waals surface area contributed by atoms with Crippen molar-refractivity contribution in [3.63, 3.8) is 0 Å². The molecule has 0 aromatic heterocycles. The van der Waals surface area contributed by atoms with Gasteiger partial charge in [0, 0.05) is 24.6 Å². The molecule has 0 aliphatic carbocycles. The minimum atomic E-state index is -4.30. The second-order valence-corrected chi connectivity index (χ2v) is 10.4. The van der Waals surface area contributed by atoms with E-state index >= 15 is 4.39 Å². The topological polar surface area (TPSA) is 160 Å². The molecule has 0 spiro atoms. The molecule has 0 radical (unpaired) electrons. The molecule has 0 saturated carbocycles. The van der Waals surface area contributed by atoms with Gasteiger partial charge in [0.2, 0.25) is 0 Å². The lowest BCUT2D eigenvalue weighted by Crippen LogP contribution is -2.40. The Morgan fingerprint density at radius 1 is 1.33 bits per heavy atom. The van der Waals surface area contributed by atoms with E-state index in [1.54, 1.807) is 24.3 Å². The quantitative estimate of drug-likeness (QED) is 0.475. The highest BCUT2D eigenvalue weighted by atomic mass is 32.2. The summed E-state index contributed by atoms with van der Waals surface area (Å²) in [6.07, 6.45) is -1.75. The molecule has 0 bridgehead atoms. The van der Waals surface area contributed by atoms with Crippen molar-refractivity contribution < 1.29 is 37.0 Å². The number of halogens is 1. The average molecular weight is 525 g/mol. The van der Waals surface area contributed by atoms with Crippen LogP contribution in [0.1, 0.15) is 25.0 Å². The predicted octanol–water partition coefficient (Wildman–Crippen LogP) is 2.69. The number of benzene rings is 2. The van der Waals surface area contributed by atoms with Gasteiger partial charge in [0.05, 0.1) is 6.54 Å². The number of anilines is 1. The van der Waals surface area contributed by atoms with Crippen LogP contribution in [0.5, 0.6) is 11.5 Å². The minimum absolute atomic E-state index is 0. The SMILES string of the molecule is CC(C)CN(CC1Cc2c(cc(OCc3ccccc3)c(N3CC(=O)NS3(=O)=O)c2F)O1)C(=O)O.N. The number of carboxylic acid groups (broad SMARTS) is 1. The Morgan fingerprint density at radius 3 is 2.61 bits per heavy atom. The fourth-order valence-corrected chi connectivity index (χ4v) is 5.28. The molecule has 13 heteroatoms. The third kappa shape index (κ3) is 5.62. The summed E-state index contributed by atoms with van der Waals surface area (Å²) in [5.74, 6) is -1.56. The Labute approximate surface area is 208 Å². The first kappa shape index (κ1) is 27.0. The number of carbonyl (C=O) groups excluding carboxylic acids is 1. The summed E-state index contributed by atoms with van der Waals surface area (Å²) in [6, 6.07) is 10.4. The van der Waals surface area contributed by atoms with Gasteiger partial charge in [-0.05, 0) is 11.5 Å². The average Bonchev–Trinajstić information content (AvgIpc) is 3.30. The molecule has 196 valence electrons. The number of carbonyl (C=O) groups is 2. The van der Waals surface area contributed by atoms with Gasteiger partial charge < -0.3 is 25.6 Å². The number of hydrogen-bond acceptors (Lipinski definition) is 7. The Kier molecular flexibility index (Phi) is 7.94. The van der Waals surface area contributed by atoms with Crippen LogP contribution in [0.4, 0.5) is 14.9 Å². The van der Waals surface area contributed by atoms with Crippen LogP contribution in [-0.2, 0) is 28.0 Å². The molecule has 4 rings (SSSR count). The summed E-state index contributed by atoms with van der Waals surface area (Å²) in [7, 11) is -4.30. The van der Waals surface area contributed by atoms with Crippen molar-refractivity contribution in [1.82, 2.24) is 15.8 Å². The van der Waals surface area contributed by atoms with Crippen molar-refractivity contribution >= 4 is 27.9 Å². The van der Waals surface area contributed by atoms with Gasteiger partial charge in [0.1, 0.15) is 30.7 Å². The van der Waals surface area contributed by atoms with Gasteiger partial charge in [-0.2, -0.15) is 8.42 Å². The van der Waals surface area contributed by atoms with E-state index in [9.17, 15) is 23.1 Å². The maximum absolute atomic E-state index is 15.8. The molecule has 2 aliphatic heterocycles. The van der Waals surface area contributed by atoms with Crippen LogP contribution in [0.2, 0.25) is 0 Å². The molecule has 2 aromatic carbocycles. The number of rotatable bonds is 8. The fourth-order valence-electron chi connectivity index (χ4n) is 4.12. The highest BCUT2D eigenvalue weighted by molar-refractivity contribution is 7.92. The Hall–Kier alpha value is -3.58. The van der Waals surface area contributed by atoms with E-state index in [1.807, 2.05) is 24.6 Å². The number of amides is 2. The Morgan fingerprint density at radius 2 is 2.03 bits per heavy atom. The molecule has 1 atom stereocenters. The van der Waals surface area contributed by atoms with Crippen molar-refractivity contribution in [2.75, 3.05) is 23.9 Å². The lowest BCUT2D eigenvalue weighted by molar-refractivity contribution is -0.117. The predicted molar refractivity (Wildman–Crippen MR) is 129 cm³/mol. The summed E-state index contributed by atoms with van der Waals surface area (Å²) < 4.78 is 55.0. The fraction of sp³-hybridized carbons (Fsp3) is 0.391. The van der Waals surface area contributed by atoms with Gasteiger partial charge in [-0.25, -0.2) is 18.2 Å². The Balaban J connectivity index is 0.00000361. The molecule has 36 heavy (non-hydrogen) atoms. The molecule has 2 amide bonds. The van der Waals surface area contributed by atoms with Crippen LogP contribution in [0.15, 0.2) is 36.4 Å². The van der Waals surface area contributed by atoms with Crippen molar-refractivity contribution in [1.29, 1.82) is 0 Å². The summed E-state index contributed by atoms with van der Waals surface area (Å²) in [6.45, 7) is 3.49. The van der Waals surface area contributed by atoms with E-state index < -0.39 is 40.7 Å². The van der Waals surface area contributed by atoms with Crippen LogP contribution in [0.3, 0.4) is 0 Å². The number of ether oxygens (including phenoxy) is 2. The van der Waals surface area contributed by atoms with Gasteiger partial charge in [-0.1, -0.05) is 44.2 Å². The van der Waals surface area contributed by atoms with Crippen LogP contribution in [0.25, 0.3) is 0 Å². The summed E-state index contributed by atoms with van der Waals surface area (Å²) in [5, 5.41) is 9.51. The van der Waals surface area contributed by atoms with E-state index in [0.717, 1.165) is 5.56 Å². The summed E-state index contributed by atoms with van der Waals surface area (Å²) in [4.78, 5) is 24.7. The maximum atomic E-state index is 15.8. The lowest BCUT2D eigenvalue weighted by Gasteiger charge is -2.24. The van der Waals surface area contributed by atoms with Crippen LogP contribution in [-0.4, -0.2) is 56.2 Å². The third-order valence-electron chi connectivity index (χ3n) is 5.58. The van der Waals surface area contributed by atoms with E-state index in [4.69, 9.17) is 9.47 Å². The zero-order chi connectivity index (χ0) is 25.3. The molecule has 2 aliphatic rings. The number of nitrogens with zero attached hydrogens (tertiary/aromatic N) is 2. The van der Waals surface area contributed by atoms with Crippen molar-refractivity contribution in [2.45, 2.75) is 33.0 Å². The summed E-state index contributed by atoms with van der Waals surface area (Å²) in [5.41, 5.74) is 0.475. The van der Waals surface area contributed by atoms with E-state index in [1.165, 1.54) is 11.0 Å². The smallest absolute Gasteiger partial charge is 0.407 e. The highest BCUT2D eigenvalue weighted by Crippen LogP contribution is 2.44. The molecule has 11 nitrogen and oxygen atoms in total. The van der Waals surface area contributed by atoms with E-state index in [2.05, 4.69) is 0 Å². The monoisotopic (exact) mass is 524 g/mol. The molecular formula is C23H29FN4O7S. The third-order valence-corrected chi connectivity index (χ3v) is 6.96. The number of nitrogens with one attached hydrogen (secondary N) is 1. The van der Waals surface area contributed by atoms with E-state index in [-0.39, 0.29) is 60.9 Å². The zero-order valence-electron chi connectivity index (χ0n) is 19.9. The molecule has 2 aromatic rings. The van der Waals surface area contributed by atoms with Gasteiger partial charge in [0.15, 0.2) is 11.6 Å². The maximum Gasteiger partial charge on any atom is 0.407 e. The van der Waals surface area contributed by atoms with Gasteiger partial charge in [0.25, 0.3) is 5.91 Å². The van der Waals surface area contributed by atoms with Gasteiger partial charge in [-0.3, -0.25) is 4.79 Å². The first-order valence-electron chi connectivity index (χ1n) is 11.0. The molecule has 1 unspecified atom stereocenters. The number of hydrogen-bond donors (Lipinski definition) is 3. The molecule has 2 heterocycles. The van der Waals surface area contributed by atoms with Gasteiger partial charge >= 0.3 is 16.3 Å². The van der Waals surface area contributed by atoms with Crippen LogP contribution in [0, 0.1) is 11.7 Å². The zero-order valence-corrected chi connectivity index (χ0v) is 20.8. The van der Waals surface area contributed by atoms with Crippen molar-refractivity contribution in [3.8, 4) is 11.5 Å². The first-order chi connectivity index (χ1) is 16.5. The second-order valence-electron chi connectivity index (χ2n) is 8.85. The number of fused-ring (bicyclic) bond motifs is 1. The first-order valence-corrected chi connectivity index (χ1v) is 12.5. The summed E-state index contributed by atoms with van der Waals surface area (Å²) >= 11 is 0. The molecule has 5 N–H and O–H groups in total. The minimum Gasteiger partial charge on any atom is -0.488 e. The normalized spacial score (nSPS) is 17.7. The largest absolute Gasteiger partial charge is 0.488 e. The van der Waals surface area contributed by atoms with Gasteiger partial charge in [-0.15, -0.1) is 0 Å². The molecular weight excluding hydrogens is 495 g/mol. The standard InChI is InChI=1S/C23H26FN3O7S.H3N/c1-14(2)10-26(23(29)30)11-16-8-17-18(34-16)9-19(33-13-15-6-4-3-5-7-15)22(21(17)24)27-12-20(28)25-35(27,31)32;/h3-7,9,14,16H,8,10-13H2,1-2H3,(H,25,28)(H,29,30);1H3.